The number of likely N-dealkylation sites (tertiary alicyclic amines) is 1. The molecule has 1 saturated carbocycles. The third-order valence-electron chi connectivity index (χ3n) is 10.6. The molecule has 3 fully saturated rings. The molecule has 3 atom stereocenters. The molecule has 270 valence electrons. The second-order valence-corrected chi connectivity index (χ2v) is 15.0. The van der Waals surface area contributed by atoms with Gasteiger partial charge in [0.15, 0.2) is 17.4 Å². The van der Waals surface area contributed by atoms with Crippen LogP contribution in [-0.4, -0.2) is 76.9 Å². The first-order chi connectivity index (χ1) is 24.0. The molecule has 15 heteroatoms. The number of carbonyl (C=O) groups excluding carboxylic acids is 1. The summed E-state index contributed by atoms with van der Waals surface area (Å²) in [5.41, 5.74) is 34.1. The van der Waals surface area contributed by atoms with Crippen LogP contribution in [0.5, 0.6) is 5.88 Å². The normalized spacial score (nSPS) is 25.7. The predicted octanol–water partition coefficient (Wildman–Crippen LogP) is 2.96. The third kappa shape index (κ3) is 7.18. The summed E-state index contributed by atoms with van der Waals surface area (Å²) >= 11 is 1.49. The number of ether oxygens (including phenoxy) is 2. The van der Waals surface area contributed by atoms with Gasteiger partial charge < -0.3 is 43.2 Å². The standard InChI is InChI=1S/C35H51N11O3S/c1-20(25-7-5-15-45(25)2)49-28-18-27(42-14-9-23(36)24(37)19-46(41)21-10-16-48-17-11-21)43-34(44-28)30(38)22-6-3-12-35(32(22)47)13-4-8-26-29(35)31(39)33(40)50-26/h9,14,18-21,25H,3-8,10-13,15-17,36-41H2,1-2H3/b23-9-,24-19-,30-22-,42-14+/t20-,25-,35-/m0/s1. The number of Topliss-reactive ketones (excluding diaryl/α,β-unsaturated/α-hetero) is 1. The fraction of sp³-hybridized carbons (Fsp3) is 0.543. The quantitative estimate of drug-likeness (QED) is 0.0725. The van der Waals surface area contributed by atoms with Crippen molar-refractivity contribution in [2.24, 2.45) is 28.0 Å². The Morgan fingerprint density at radius 1 is 1.12 bits per heavy atom. The highest BCUT2D eigenvalue weighted by atomic mass is 32.1. The molecule has 0 bridgehead atoms. The van der Waals surface area contributed by atoms with Crippen molar-refractivity contribution >= 4 is 45.5 Å². The number of aryl methyl sites for hydroxylation is 1. The highest BCUT2D eigenvalue weighted by Crippen LogP contribution is 2.53. The van der Waals surface area contributed by atoms with Crippen molar-refractivity contribution in [1.82, 2.24) is 19.9 Å². The summed E-state index contributed by atoms with van der Waals surface area (Å²) in [6.07, 6.45) is 12.7. The van der Waals surface area contributed by atoms with E-state index in [0.717, 1.165) is 61.9 Å². The van der Waals surface area contributed by atoms with Gasteiger partial charge in [0.1, 0.15) is 11.1 Å². The van der Waals surface area contributed by atoms with Gasteiger partial charge in [0, 0.05) is 59.8 Å². The zero-order valence-corrected chi connectivity index (χ0v) is 29.9. The molecule has 0 amide bonds. The van der Waals surface area contributed by atoms with Gasteiger partial charge in [0.2, 0.25) is 5.88 Å². The number of hydrogen-bond donors (Lipinski definition) is 6. The molecule has 2 aliphatic carbocycles. The SMILES string of the molecule is C[C@H](Oc1cc(/N=C/C=C(N)/C(N)=C/N(N)C2CCOCC2)nc(/C(N)=C2\CCC[C@@]3(CCCc4sc(N)c(N)c43)C2=O)n1)[C@@H]1CCCN1C. The van der Waals surface area contributed by atoms with E-state index in [0.29, 0.717) is 71.8 Å². The molecular weight excluding hydrogens is 655 g/mol. The first kappa shape index (κ1) is 35.6. The largest absolute Gasteiger partial charge is 0.473 e. The summed E-state index contributed by atoms with van der Waals surface area (Å²) in [5, 5.41) is 2.15. The summed E-state index contributed by atoms with van der Waals surface area (Å²) in [4.78, 5) is 31.8. The summed E-state index contributed by atoms with van der Waals surface area (Å²) < 4.78 is 11.8. The fourth-order valence-electron chi connectivity index (χ4n) is 7.91. The minimum atomic E-state index is -0.750. The van der Waals surface area contributed by atoms with E-state index in [4.69, 9.17) is 49.0 Å². The maximum Gasteiger partial charge on any atom is 0.219 e. The highest BCUT2D eigenvalue weighted by Gasteiger charge is 2.49. The molecule has 0 radical (unpaired) electrons. The maximum absolute atomic E-state index is 14.5. The number of carbonyl (C=O) groups is 1. The molecule has 1 spiro atoms. The lowest BCUT2D eigenvalue weighted by molar-refractivity contribution is -0.122. The first-order valence-corrected chi connectivity index (χ1v) is 18.3. The number of thiophene rings is 1. The number of nitrogens with two attached hydrogens (primary N) is 6. The topological polar surface area (TPSA) is 236 Å². The molecular formula is C35H51N11O3S. The van der Waals surface area contributed by atoms with Crippen molar-refractivity contribution in [3.05, 3.63) is 51.6 Å². The van der Waals surface area contributed by atoms with E-state index < -0.39 is 5.41 Å². The lowest BCUT2D eigenvalue weighted by atomic mass is 9.61. The van der Waals surface area contributed by atoms with Crippen LogP contribution in [-0.2, 0) is 21.4 Å². The molecule has 50 heavy (non-hydrogen) atoms. The number of nitrogen functional groups attached to an aromatic ring is 2. The summed E-state index contributed by atoms with van der Waals surface area (Å²) in [7, 11) is 2.10. The van der Waals surface area contributed by atoms with E-state index in [1.807, 2.05) is 6.92 Å². The summed E-state index contributed by atoms with van der Waals surface area (Å²) in [5.74, 6) is 7.00. The molecule has 6 rings (SSSR count). The van der Waals surface area contributed by atoms with Crippen molar-refractivity contribution < 1.29 is 14.3 Å². The fourth-order valence-corrected chi connectivity index (χ4v) is 9.04. The third-order valence-corrected chi connectivity index (χ3v) is 11.7. The van der Waals surface area contributed by atoms with Gasteiger partial charge in [-0.25, -0.2) is 15.8 Å². The molecule has 14 nitrogen and oxygen atoms in total. The van der Waals surface area contributed by atoms with Crippen LogP contribution in [0.2, 0.25) is 0 Å². The van der Waals surface area contributed by atoms with Gasteiger partial charge >= 0.3 is 0 Å². The Bertz CT molecular complexity index is 1710. The average Bonchev–Trinajstić information content (AvgIpc) is 3.67. The Morgan fingerprint density at radius 3 is 2.58 bits per heavy atom. The van der Waals surface area contributed by atoms with Crippen LogP contribution >= 0.6 is 11.3 Å². The lowest BCUT2D eigenvalue weighted by Gasteiger charge is -2.40. The van der Waals surface area contributed by atoms with E-state index >= 15 is 0 Å². The Morgan fingerprint density at radius 2 is 1.86 bits per heavy atom. The number of nitrogens with zero attached hydrogens (tertiary/aromatic N) is 5. The molecule has 4 aliphatic rings. The number of allylic oxidation sites excluding steroid dienone is 2. The monoisotopic (exact) mass is 705 g/mol. The predicted molar refractivity (Wildman–Crippen MR) is 198 cm³/mol. The van der Waals surface area contributed by atoms with E-state index in [2.05, 4.69) is 21.9 Å². The van der Waals surface area contributed by atoms with Crippen molar-refractivity contribution in [2.75, 3.05) is 38.3 Å². The van der Waals surface area contributed by atoms with Gasteiger partial charge in [-0.3, -0.25) is 9.69 Å². The van der Waals surface area contributed by atoms with Crippen LogP contribution < -0.4 is 39.2 Å². The highest BCUT2D eigenvalue weighted by molar-refractivity contribution is 7.16. The molecule has 2 aromatic heterocycles. The van der Waals surface area contributed by atoms with Crippen LogP contribution in [0.4, 0.5) is 16.5 Å². The Labute approximate surface area is 297 Å². The number of anilines is 2. The molecule has 2 aromatic rings. The molecule has 2 saturated heterocycles. The minimum Gasteiger partial charge on any atom is -0.473 e. The Kier molecular flexibility index (Phi) is 10.7. The maximum atomic E-state index is 14.5. The van der Waals surface area contributed by atoms with Crippen molar-refractivity contribution in [3.63, 3.8) is 0 Å². The number of aliphatic imine (C=N–C) groups is 1. The van der Waals surface area contributed by atoms with E-state index in [-0.39, 0.29) is 35.5 Å². The van der Waals surface area contributed by atoms with Gasteiger partial charge in [0.25, 0.3) is 0 Å². The van der Waals surface area contributed by atoms with Gasteiger partial charge in [-0.05, 0) is 90.8 Å². The first-order valence-electron chi connectivity index (χ1n) is 17.5. The molecule has 12 N–H and O–H groups in total. The van der Waals surface area contributed by atoms with Gasteiger partial charge in [-0.2, -0.15) is 4.98 Å². The number of hydrazine groups is 1. The minimum absolute atomic E-state index is 0.0275. The number of aromatic nitrogens is 2. The Hall–Kier alpha value is -4.18. The smallest absolute Gasteiger partial charge is 0.219 e. The number of ketones is 1. The van der Waals surface area contributed by atoms with Crippen LogP contribution in [0.3, 0.4) is 0 Å². The second kappa shape index (κ2) is 15.0. The van der Waals surface area contributed by atoms with Crippen molar-refractivity contribution in [3.8, 4) is 5.88 Å². The van der Waals surface area contributed by atoms with E-state index in [1.165, 1.54) is 17.6 Å². The van der Waals surface area contributed by atoms with Crippen LogP contribution in [0, 0.1) is 0 Å². The zero-order chi connectivity index (χ0) is 35.6. The van der Waals surface area contributed by atoms with Crippen LogP contribution in [0.25, 0.3) is 5.70 Å². The van der Waals surface area contributed by atoms with Crippen LogP contribution in [0.1, 0.15) is 81.0 Å². The van der Waals surface area contributed by atoms with Gasteiger partial charge in [-0.15, -0.1) is 11.3 Å². The van der Waals surface area contributed by atoms with Gasteiger partial charge in [0.05, 0.1) is 28.2 Å². The van der Waals surface area contributed by atoms with Crippen molar-refractivity contribution in [2.45, 2.75) is 94.7 Å². The van der Waals surface area contributed by atoms with Crippen LogP contribution in [0.15, 0.2) is 40.3 Å². The van der Waals surface area contributed by atoms with Crippen molar-refractivity contribution in [1.29, 1.82) is 0 Å². The summed E-state index contributed by atoms with van der Waals surface area (Å²) in [6.45, 7) is 4.35. The van der Waals surface area contributed by atoms with E-state index in [1.54, 1.807) is 23.4 Å². The zero-order valence-electron chi connectivity index (χ0n) is 29.1. The molecule has 4 heterocycles. The molecule has 2 aliphatic heterocycles. The summed E-state index contributed by atoms with van der Waals surface area (Å²) in [6, 6.07) is 2.02. The van der Waals surface area contributed by atoms with E-state index in [9.17, 15) is 4.79 Å². The number of hydrogen-bond acceptors (Lipinski definition) is 15. The van der Waals surface area contributed by atoms with Gasteiger partial charge in [-0.1, -0.05) is 0 Å². The lowest BCUT2D eigenvalue weighted by Crippen LogP contribution is -2.43. The number of rotatable bonds is 9. The molecule has 0 aromatic carbocycles. The number of likely N-dealkylation sites (N-methyl/N-ethyl adjacent to an activating group) is 1. The molecule has 0 unspecified atom stereocenters. The average molecular weight is 706 g/mol. The second-order valence-electron chi connectivity index (χ2n) is 13.9. The number of fused-ring (bicyclic) bond motifs is 2. The Balaban J connectivity index is 1.31.